The summed E-state index contributed by atoms with van der Waals surface area (Å²) >= 11 is 0. The average molecular weight is 599 g/mol. The average Bonchev–Trinajstić information content (AvgIpc) is 3.23. The van der Waals surface area contributed by atoms with Gasteiger partial charge < -0.3 is 15.0 Å². The number of amides is 2. The van der Waals surface area contributed by atoms with Gasteiger partial charge in [0.1, 0.15) is 11.4 Å². The van der Waals surface area contributed by atoms with Crippen LogP contribution < -0.4 is 5.32 Å². The van der Waals surface area contributed by atoms with Gasteiger partial charge in [-0.1, -0.05) is 49.4 Å². The van der Waals surface area contributed by atoms with E-state index in [0.29, 0.717) is 34.4 Å². The largest absolute Gasteiger partial charge is 0.460 e. The van der Waals surface area contributed by atoms with E-state index in [0.717, 1.165) is 6.92 Å². The molecule has 1 aliphatic rings. The van der Waals surface area contributed by atoms with Crippen LogP contribution in [-0.4, -0.2) is 34.5 Å². The standard InChI is InChI=1S/C33H34F4N2O4/c1-20(33(35,36)37)29(30(41)38-24-8-5-7-21(17-24)13-16-28(40)43-32(2,3)4)23-14-11-22(12-15-23)18-39-19-26-25(31(39)42)9-6-10-27(26)34/h5-12,14-15,17,20,29H,13,16,18-19H2,1-4H3,(H,38,41)/t20?,29-/m0/s1. The zero-order chi connectivity index (χ0) is 31.5. The summed E-state index contributed by atoms with van der Waals surface area (Å²) < 4.78 is 61.1. The topological polar surface area (TPSA) is 75.7 Å². The van der Waals surface area contributed by atoms with Crippen LogP contribution in [0.3, 0.4) is 0 Å². The fourth-order valence-corrected chi connectivity index (χ4v) is 5.05. The lowest BCUT2D eigenvalue weighted by Gasteiger charge is -2.26. The Hall–Kier alpha value is -4.21. The van der Waals surface area contributed by atoms with Gasteiger partial charge in [-0.25, -0.2) is 4.39 Å². The lowest BCUT2D eigenvalue weighted by Crippen LogP contribution is -2.34. The number of nitrogens with one attached hydrogen (secondary N) is 1. The minimum atomic E-state index is -4.65. The molecule has 0 bridgehead atoms. The molecule has 0 radical (unpaired) electrons. The first kappa shape index (κ1) is 31.7. The molecule has 2 atom stereocenters. The number of anilines is 1. The predicted octanol–water partition coefficient (Wildman–Crippen LogP) is 7.18. The van der Waals surface area contributed by atoms with E-state index < -0.39 is 35.3 Å². The van der Waals surface area contributed by atoms with Gasteiger partial charge in [0.15, 0.2) is 0 Å². The number of fused-ring (bicyclic) bond motifs is 1. The molecule has 1 aliphatic heterocycles. The molecule has 1 N–H and O–H groups in total. The third kappa shape index (κ3) is 8.00. The number of aryl methyl sites for hydroxylation is 1. The first-order chi connectivity index (χ1) is 20.1. The third-order valence-corrected chi connectivity index (χ3v) is 7.23. The van der Waals surface area contributed by atoms with Gasteiger partial charge in [0.2, 0.25) is 5.91 Å². The maximum atomic E-state index is 14.1. The van der Waals surface area contributed by atoms with E-state index in [1.807, 2.05) is 0 Å². The molecule has 0 aromatic heterocycles. The van der Waals surface area contributed by atoms with Gasteiger partial charge in [0, 0.05) is 29.8 Å². The Balaban J connectivity index is 1.47. The molecule has 43 heavy (non-hydrogen) atoms. The minimum Gasteiger partial charge on any atom is -0.460 e. The highest BCUT2D eigenvalue weighted by Crippen LogP contribution is 2.38. The summed E-state index contributed by atoms with van der Waals surface area (Å²) in [6.45, 7) is 6.49. The van der Waals surface area contributed by atoms with Gasteiger partial charge in [-0.3, -0.25) is 14.4 Å². The van der Waals surface area contributed by atoms with Crippen molar-refractivity contribution in [2.75, 3.05) is 5.32 Å². The Labute approximate surface area is 248 Å². The molecule has 6 nitrogen and oxygen atoms in total. The van der Waals surface area contributed by atoms with E-state index in [1.54, 1.807) is 63.2 Å². The van der Waals surface area contributed by atoms with E-state index in [-0.39, 0.29) is 37.0 Å². The molecule has 1 unspecified atom stereocenters. The van der Waals surface area contributed by atoms with Crippen molar-refractivity contribution in [3.63, 3.8) is 0 Å². The molecule has 3 aromatic carbocycles. The van der Waals surface area contributed by atoms with Crippen LogP contribution in [0.15, 0.2) is 66.7 Å². The Kier molecular flexibility index (Phi) is 9.27. The Morgan fingerprint density at radius 1 is 0.977 bits per heavy atom. The summed E-state index contributed by atoms with van der Waals surface area (Å²) in [6, 6.07) is 17.0. The number of esters is 1. The molecule has 10 heteroatoms. The van der Waals surface area contributed by atoms with Crippen LogP contribution in [0.25, 0.3) is 0 Å². The summed E-state index contributed by atoms with van der Waals surface area (Å²) in [5.74, 6) is -5.54. The van der Waals surface area contributed by atoms with E-state index in [1.165, 1.54) is 29.2 Å². The second-order valence-corrected chi connectivity index (χ2v) is 11.8. The highest BCUT2D eigenvalue weighted by Gasteiger charge is 2.45. The number of benzene rings is 3. The summed E-state index contributed by atoms with van der Waals surface area (Å²) in [5.41, 5.74) is 1.80. The second kappa shape index (κ2) is 12.6. The lowest BCUT2D eigenvalue weighted by atomic mass is 9.85. The van der Waals surface area contributed by atoms with E-state index in [4.69, 9.17) is 4.74 Å². The van der Waals surface area contributed by atoms with Gasteiger partial charge in [-0.05, 0) is 68.1 Å². The molecule has 0 aliphatic carbocycles. The Morgan fingerprint density at radius 3 is 2.28 bits per heavy atom. The second-order valence-electron chi connectivity index (χ2n) is 11.8. The number of carbonyl (C=O) groups excluding carboxylic acids is 3. The highest BCUT2D eigenvalue weighted by atomic mass is 19.4. The highest BCUT2D eigenvalue weighted by molar-refractivity contribution is 5.98. The first-order valence-corrected chi connectivity index (χ1v) is 14.0. The Bertz CT molecular complexity index is 1500. The molecule has 228 valence electrons. The number of alkyl halides is 3. The van der Waals surface area contributed by atoms with Gasteiger partial charge in [0.05, 0.1) is 18.4 Å². The van der Waals surface area contributed by atoms with Crippen molar-refractivity contribution in [3.8, 4) is 0 Å². The van der Waals surface area contributed by atoms with Gasteiger partial charge in [-0.15, -0.1) is 0 Å². The summed E-state index contributed by atoms with van der Waals surface area (Å²) in [6.07, 6.45) is -4.20. The molecule has 3 aromatic rings. The van der Waals surface area contributed by atoms with Crippen molar-refractivity contribution >= 4 is 23.5 Å². The zero-order valence-corrected chi connectivity index (χ0v) is 24.4. The lowest BCUT2D eigenvalue weighted by molar-refractivity contribution is -0.178. The maximum Gasteiger partial charge on any atom is 0.392 e. The van der Waals surface area contributed by atoms with E-state index in [2.05, 4.69) is 5.32 Å². The number of ether oxygens (including phenoxy) is 1. The van der Waals surface area contributed by atoms with Crippen molar-refractivity contribution in [1.29, 1.82) is 0 Å². The number of hydrogen-bond donors (Lipinski definition) is 1. The van der Waals surface area contributed by atoms with Crippen LogP contribution in [0.1, 0.15) is 72.6 Å². The molecule has 0 fully saturated rings. The van der Waals surface area contributed by atoms with Gasteiger partial charge in [0.25, 0.3) is 5.91 Å². The fraction of sp³-hybridized carbons (Fsp3) is 0.364. The maximum absolute atomic E-state index is 14.1. The van der Waals surface area contributed by atoms with Crippen LogP contribution in [0.5, 0.6) is 0 Å². The molecule has 0 spiro atoms. The SMILES string of the molecule is CC([C@H](C(=O)Nc1cccc(CCC(=O)OC(C)(C)C)c1)c1ccc(CN2Cc3c(F)cccc3C2=O)cc1)C(F)(F)F. The van der Waals surface area contributed by atoms with E-state index in [9.17, 15) is 31.9 Å². The molecular weight excluding hydrogens is 564 g/mol. The van der Waals surface area contributed by atoms with Gasteiger partial charge >= 0.3 is 12.1 Å². The van der Waals surface area contributed by atoms with Crippen LogP contribution in [0.2, 0.25) is 0 Å². The van der Waals surface area contributed by atoms with Crippen molar-refractivity contribution in [3.05, 3.63) is 100 Å². The predicted molar refractivity (Wildman–Crippen MR) is 154 cm³/mol. The number of hydrogen-bond acceptors (Lipinski definition) is 4. The molecule has 4 rings (SSSR count). The molecule has 2 amide bonds. The van der Waals surface area contributed by atoms with Crippen LogP contribution in [0, 0.1) is 11.7 Å². The molecule has 1 heterocycles. The number of halogens is 4. The molecule has 0 saturated carbocycles. The summed E-state index contributed by atoms with van der Waals surface area (Å²) in [7, 11) is 0. The van der Waals surface area contributed by atoms with Crippen LogP contribution in [-0.2, 0) is 33.8 Å². The van der Waals surface area contributed by atoms with Crippen molar-refractivity contribution < 1.29 is 36.7 Å². The fourth-order valence-electron chi connectivity index (χ4n) is 5.05. The molecular formula is C33H34F4N2O4. The number of rotatable bonds is 9. The van der Waals surface area contributed by atoms with Gasteiger partial charge in [-0.2, -0.15) is 13.2 Å². The van der Waals surface area contributed by atoms with Crippen molar-refractivity contribution in [1.82, 2.24) is 4.90 Å². The molecule has 0 saturated heterocycles. The zero-order valence-electron chi connectivity index (χ0n) is 24.4. The van der Waals surface area contributed by atoms with Crippen molar-refractivity contribution in [2.45, 2.75) is 71.3 Å². The minimum absolute atomic E-state index is 0.0928. The van der Waals surface area contributed by atoms with Crippen LogP contribution in [0.4, 0.5) is 23.2 Å². The summed E-state index contributed by atoms with van der Waals surface area (Å²) in [5, 5.41) is 2.61. The Morgan fingerprint density at radius 2 is 1.65 bits per heavy atom. The van der Waals surface area contributed by atoms with E-state index >= 15 is 0 Å². The number of nitrogens with zero attached hydrogens (tertiary/aromatic N) is 1. The normalized spacial score (nSPS) is 14.7. The summed E-state index contributed by atoms with van der Waals surface area (Å²) in [4.78, 5) is 39.6. The quantitative estimate of drug-likeness (QED) is 0.209. The first-order valence-electron chi connectivity index (χ1n) is 14.0. The monoisotopic (exact) mass is 598 g/mol. The van der Waals surface area contributed by atoms with Crippen molar-refractivity contribution in [2.24, 2.45) is 5.92 Å². The number of carbonyl (C=O) groups is 3. The third-order valence-electron chi connectivity index (χ3n) is 7.23. The van der Waals surface area contributed by atoms with Crippen LogP contribution >= 0.6 is 0 Å². The smallest absolute Gasteiger partial charge is 0.392 e.